The van der Waals surface area contributed by atoms with Crippen LogP contribution in [0.4, 0.5) is 0 Å². The van der Waals surface area contributed by atoms with Gasteiger partial charge in [0.15, 0.2) is 11.4 Å². The number of carbonyl (C=O) groups excluding carboxylic acids is 2. The predicted molar refractivity (Wildman–Crippen MR) is 104 cm³/mol. The third-order valence-corrected chi connectivity index (χ3v) is 4.81. The van der Waals surface area contributed by atoms with Crippen LogP contribution in [0.1, 0.15) is 12.5 Å². The van der Waals surface area contributed by atoms with Crippen molar-refractivity contribution in [2.24, 2.45) is 4.99 Å². The molecule has 6 nitrogen and oxygen atoms in total. The van der Waals surface area contributed by atoms with E-state index in [1.54, 1.807) is 17.6 Å². The zero-order valence-corrected chi connectivity index (χ0v) is 16.0. The minimum absolute atomic E-state index is 0.00268. The molecule has 0 unspecified atom stereocenters. The number of carbonyl (C=O) groups is 2. The van der Waals surface area contributed by atoms with E-state index in [4.69, 9.17) is 9.47 Å². The molecule has 0 fully saturated rings. The summed E-state index contributed by atoms with van der Waals surface area (Å²) in [5.41, 5.74) is 1.88. The van der Waals surface area contributed by atoms with Crippen LogP contribution in [0.25, 0.3) is 10.2 Å². The van der Waals surface area contributed by atoms with Gasteiger partial charge >= 0.3 is 5.97 Å². The van der Waals surface area contributed by atoms with Crippen LogP contribution in [0.3, 0.4) is 0 Å². The van der Waals surface area contributed by atoms with Crippen molar-refractivity contribution in [1.82, 2.24) is 4.57 Å². The van der Waals surface area contributed by atoms with E-state index >= 15 is 0 Å². The Kier molecular flexibility index (Phi) is 6.03. The maximum Gasteiger partial charge on any atom is 0.326 e. The number of benzene rings is 2. The Morgan fingerprint density at radius 3 is 2.74 bits per heavy atom. The highest BCUT2D eigenvalue weighted by Gasteiger charge is 2.12. The van der Waals surface area contributed by atoms with Crippen LogP contribution < -0.4 is 9.54 Å². The standard InChI is InChI=1S/C20H20N2O4S/c1-3-25-19(24)12-22-16-9-4-5-10-17(16)27-20(22)21-18(23)13-26-15-8-6-7-14(2)11-15/h4-11H,3,12-13H2,1-2H3. The first-order valence-corrected chi connectivity index (χ1v) is 9.39. The van der Waals surface area contributed by atoms with Gasteiger partial charge in [-0.1, -0.05) is 35.6 Å². The van der Waals surface area contributed by atoms with Gasteiger partial charge in [0, 0.05) is 0 Å². The topological polar surface area (TPSA) is 69.9 Å². The number of para-hydroxylation sites is 1. The van der Waals surface area contributed by atoms with E-state index in [1.165, 1.54) is 11.3 Å². The van der Waals surface area contributed by atoms with E-state index in [-0.39, 0.29) is 19.1 Å². The molecule has 0 aliphatic rings. The maximum atomic E-state index is 12.3. The van der Waals surface area contributed by atoms with Gasteiger partial charge in [-0.05, 0) is 43.7 Å². The zero-order valence-electron chi connectivity index (χ0n) is 15.2. The lowest BCUT2D eigenvalue weighted by atomic mass is 10.2. The molecule has 0 atom stereocenters. The maximum absolute atomic E-state index is 12.3. The SMILES string of the molecule is CCOC(=O)Cn1c(=NC(=O)COc2cccc(C)c2)sc2ccccc21. The van der Waals surface area contributed by atoms with Gasteiger partial charge in [-0.15, -0.1) is 0 Å². The van der Waals surface area contributed by atoms with Crippen molar-refractivity contribution in [3.8, 4) is 5.75 Å². The third-order valence-electron chi connectivity index (χ3n) is 3.75. The van der Waals surface area contributed by atoms with Crippen LogP contribution in [0, 0.1) is 6.92 Å². The predicted octanol–water partition coefficient (Wildman–Crippen LogP) is 3.08. The number of nitrogens with zero attached hydrogens (tertiary/aromatic N) is 2. The Balaban J connectivity index is 1.85. The summed E-state index contributed by atoms with van der Waals surface area (Å²) < 4.78 is 13.2. The second-order valence-corrected chi connectivity index (χ2v) is 6.86. The molecule has 0 aliphatic carbocycles. The van der Waals surface area contributed by atoms with Crippen LogP contribution in [-0.2, 0) is 20.9 Å². The molecule has 7 heteroatoms. The zero-order chi connectivity index (χ0) is 19.2. The number of hydrogen-bond donors (Lipinski definition) is 0. The summed E-state index contributed by atoms with van der Waals surface area (Å²) in [6.07, 6.45) is 0. The van der Waals surface area contributed by atoms with E-state index in [1.807, 2.05) is 49.4 Å². The van der Waals surface area contributed by atoms with Crippen molar-refractivity contribution in [3.05, 3.63) is 58.9 Å². The largest absolute Gasteiger partial charge is 0.484 e. The second kappa shape index (κ2) is 8.64. The Bertz CT molecular complexity index is 1040. The molecule has 1 amide bonds. The molecule has 2 aromatic carbocycles. The Morgan fingerprint density at radius 1 is 1.15 bits per heavy atom. The van der Waals surface area contributed by atoms with Gasteiger partial charge in [0.1, 0.15) is 12.3 Å². The van der Waals surface area contributed by atoms with Crippen LogP contribution in [0.2, 0.25) is 0 Å². The number of amides is 1. The first-order valence-electron chi connectivity index (χ1n) is 8.58. The number of esters is 1. The second-order valence-electron chi connectivity index (χ2n) is 5.85. The number of fused-ring (bicyclic) bond motifs is 1. The fraction of sp³-hybridized carbons (Fsp3) is 0.250. The monoisotopic (exact) mass is 384 g/mol. The highest BCUT2D eigenvalue weighted by atomic mass is 32.1. The summed E-state index contributed by atoms with van der Waals surface area (Å²) in [6.45, 7) is 3.84. The Labute approximate surface area is 160 Å². The third kappa shape index (κ3) is 4.83. The van der Waals surface area contributed by atoms with Gasteiger partial charge in [0.25, 0.3) is 5.91 Å². The van der Waals surface area contributed by atoms with Crippen molar-refractivity contribution in [1.29, 1.82) is 0 Å². The average molecular weight is 384 g/mol. The molecule has 1 aromatic heterocycles. The molecule has 0 spiro atoms. The molecule has 1 heterocycles. The molecule has 27 heavy (non-hydrogen) atoms. The lowest BCUT2D eigenvalue weighted by Gasteiger charge is -2.05. The molecule has 0 N–H and O–H groups in total. The first-order chi connectivity index (χ1) is 13.1. The fourth-order valence-corrected chi connectivity index (χ4v) is 3.63. The van der Waals surface area contributed by atoms with E-state index in [0.29, 0.717) is 17.2 Å². The van der Waals surface area contributed by atoms with Gasteiger partial charge < -0.3 is 14.0 Å². The van der Waals surface area contributed by atoms with Crippen LogP contribution in [-0.4, -0.2) is 29.7 Å². The van der Waals surface area contributed by atoms with E-state index in [0.717, 1.165) is 15.8 Å². The number of thiazole rings is 1. The number of hydrogen-bond acceptors (Lipinski definition) is 5. The average Bonchev–Trinajstić information content (AvgIpc) is 2.97. The van der Waals surface area contributed by atoms with Crippen LogP contribution in [0.5, 0.6) is 5.75 Å². The number of rotatable bonds is 6. The van der Waals surface area contributed by atoms with Gasteiger partial charge in [0.05, 0.1) is 16.8 Å². The molecule has 0 bridgehead atoms. The van der Waals surface area contributed by atoms with Crippen molar-refractivity contribution in [2.45, 2.75) is 20.4 Å². The van der Waals surface area contributed by atoms with Crippen molar-refractivity contribution >= 4 is 33.4 Å². The summed E-state index contributed by atoms with van der Waals surface area (Å²) in [5, 5.41) is 0. The molecule has 0 radical (unpaired) electrons. The smallest absolute Gasteiger partial charge is 0.326 e. The van der Waals surface area contributed by atoms with Crippen LogP contribution in [0.15, 0.2) is 53.5 Å². The summed E-state index contributed by atoms with van der Waals surface area (Å²) in [6, 6.07) is 15.1. The molecule has 140 valence electrons. The van der Waals surface area contributed by atoms with E-state index in [9.17, 15) is 9.59 Å². The highest BCUT2D eigenvalue weighted by Crippen LogP contribution is 2.17. The molecular weight excluding hydrogens is 364 g/mol. The summed E-state index contributed by atoms with van der Waals surface area (Å²) >= 11 is 1.35. The molecule has 3 aromatic rings. The van der Waals surface area contributed by atoms with E-state index < -0.39 is 5.91 Å². The minimum Gasteiger partial charge on any atom is -0.484 e. The summed E-state index contributed by atoms with van der Waals surface area (Å²) in [4.78, 5) is 28.8. The first kappa shape index (κ1) is 18.8. The van der Waals surface area contributed by atoms with Gasteiger partial charge in [-0.3, -0.25) is 9.59 Å². The summed E-state index contributed by atoms with van der Waals surface area (Å²) in [7, 11) is 0. The number of aryl methyl sites for hydroxylation is 1. The molecule has 0 saturated carbocycles. The normalized spacial score (nSPS) is 11.6. The van der Waals surface area contributed by atoms with Crippen LogP contribution >= 0.6 is 11.3 Å². The molecule has 0 aliphatic heterocycles. The lowest BCUT2D eigenvalue weighted by molar-refractivity contribution is -0.143. The minimum atomic E-state index is -0.416. The van der Waals surface area contributed by atoms with Crippen molar-refractivity contribution in [3.63, 3.8) is 0 Å². The fourth-order valence-electron chi connectivity index (χ4n) is 2.58. The van der Waals surface area contributed by atoms with Crippen molar-refractivity contribution in [2.75, 3.05) is 13.2 Å². The molecule has 3 rings (SSSR count). The molecule has 0 saturated heterocycles. The van der Waals surface area contributed by atoms with Gasteiger partial charge in [-0.25, -0.2) is 0 Å². The Hall–Kier alpha value is -2.93. The van der Waals surface area contributed by atoms with Gasteiger partial charge in [0.2, 0.25) is 0 Å². The van der Waals surface area contributed by atoms with Gasteiger partial charge in [-0.2, -0.15) is 4.99 Å². The Morgan fingerprint density at radius 2 is 1.96 bits per heavy atom. The quantitative estimate of drug-likeness (QED) is 0.613. The van der Waals surface area contributed by atoms with Crippen molar-refractivity contribution < 1.29 is 19.1 Å². The van der Waals surface area contributed by atoms with E-state index in [2.05, 4.69) is 4.99 Å². The molecular formula is C20H20N2O4S. The number of aromatic nitrogens is 1. The number of ether oxygens (including phenoxy) is 2. The summed E-state index contributed by atoms with van der Waals surface area (Å²) in [5.74, 6) is -0.166. The lowest BCUT2D eigenvalue weighted by Crippen LogP contribution is -2.24. The highest BCUT2D eigenvalue weighted by molar-refractivity contribution is 7.16.